The van der Waals surface area contributed by atoms with Crippen molar-refractivity contribution in [2.45, 2.75) is 19.8 Å². The zero-order chi connectivity index (χ0) is 20.6. The van der Waals surface area contributed by atoms with E-state index in [0.717, 1.165) is 18.6 Å². The predicted molar refractivity (Wildman–Crippen MR) is 111 cm³/mol. The second-order valence-electron chi connectivity index (χ2n) is 7.08. The summed E-state index contributed by atoms with van der Waals surface area (Å²) >= 11 is 0. The Balaban J connectivity index is 1.45. The van der Waals surface area contributed by atoms with Gasteiger partial charge in [0.15, 0.2) is 6.61 Å². The van der Waals surface area contributed by atoms with Crippen LogP contribution in [0, 0.1) is 0 Å². The fourth-order valence-corrected chi connectivity index (χ4v) is 3.35. The molecule has 1 aliphatic rings. The molecule has 29 heavy (non-hydrogen) atoms. The lowest BCUT2D eigenvalue weighted by molar-refractivity contribution is -0.134. The normalized spacial score (nSPS) is 13.9. The highest BCUT2D eigenvalue weighted by Gasteiger charge is 2.25. The van der Waals surface area contributed by atoms with Crippen molar-refractivity contribution in [3.8, 4) is 11.5 Å². The first kappa shape index (κ1) is 20.7. The van der Waals surface area contributed by atoms with Gasteiger partial charge in [0, 0.05) is 31.7 Å². The Labute approximate surface area is 172 Å². The van der Waals surface area contributed by atoms with Crippen LogP contribution in [0.25, 0.3) is 0 Å². The molecule has 2 amide bonds. The van der Waals surface area contributed by atoms with Crippen molar-refractivity contribution < 1.29 is 19.1 Å². The number of nitrogens with zero attached hydrogens (tertiary/aromatic N) is 2. The molecular formula is C23H28N2O4. The summed E-state index contributed by atoms with van der Waals surface area (Å²) in [5, 5.41) is 0. The number of aryl methyl sites for hydroxylation is 1. The first-order chi connectivity index (χ1) is 14.1. The van der Waals surface area contributed by atoms with Gasteiger partial charge in [0.1, 0.15) is 11.5 Å². The van der Waals surface area contributed by atoms with E-state index in [1.54, 1.807) is 41.2 Å². The number of rotatable bonds is 7. The largest absolute Gasteiger partial charge is 0.497 e. The third kappa shape index (κ3) is 5.50. The Kier molecular flexibility index (Phi) is 7.11. The number of ether oxygens (including phenoxy) is 2. The average Bonchev–Trinajstić information content (AvgIpc) is 2.78. The van der Waals surface area contributed by atoms with E-state index in [1.807, 2.05) is 24.3 Å². The number of carbonyl (C=O) groups is 2. The van der Waals surface area contributed by atoms with Crippen molar-refractivity contribution in [1.29, 1.82) is 0 Å². The third-order valence-electron chi connectivity index (χ3n) is 5.08. The summed E-state index contributed by atoms with van der Waals surface area (Å²) in [4.78, 5) is 28.6. The quantitative estimate of drug-likeness (QED) is 0.722. The van der Waals surface area contributed by atoms with Crippen LogP contribution in [0.1, 0.15) is 29.3 Å². The molecule has 0 radical (unpaired) electrons. The number of amides is 2. The zero-order valence-corrected chi connectivity index (χ0v) is 17.1. The minimum atomic E-state index is -0.0563. The summed E-state index contributed by atoms with van der Waals surface area (Å²) in [7, 11) is 1.60. The number of hydrogen-bond acceptors (Lipinski definition) is 4. The minimum Gasteiger partial charge on any atom is -0.497 e. The number of piperazine rings is 1. The van der Waals surface area contributed by atoms with E-state index in [-0.39, 0.29) is 18.4 Å². The van der Waals surface area contributed by atoms with E-state index >= 15 is 0 Å². The molecule has 0 aliphatic carbocycles. The molecule has 154 valence electrons. The minimum absolute atomic E-state index is 0.0134. The van der Waals surface area contributed by atoms with Crippen molar-refractivity contribution in [3.05, 3.63) is 59.7 Å². The second-order valence-corrected chi connectivity index (χ2v) is 7.08. The smallest absolute Gasteiger partial charge is 0.260 e. The van der Waals surface area contributed by atoms with Crippen LogP contribution in [0.5, 0.6) is 11.5 Å². The van der Waals surface area contributed by atoms with Crippen LogP contribution in [0.3, 0.4) is 0 Å². The van der Waals surface area contributed by atoms with Crippen molar-refractivity contribution in [2.75, 3.05) is 39.9 Å². The lowest BCUT2D eigenvalue weighted by Gasteiger charge is -2.34. The monoisotopic (exact) mass is 396 g/mol. The summed E-state index contributed by atoms with van der Waals surface area (Å²) in [6.07, 6.45) is 2.14. The Morgan fingerprint density at radius 3 is 2.03 bits per heavy atom. The summed E-state index contributed by atoms with van der Waals surface area (Å²) in [5.41, 5.74) is 1.89. The zero-order valence-electron chi connectivity index (χ0n) is 17.1. The maximum atomic E-state index is 12.6. The van der Waals surface area contributed by atoms with E-state index in [4.69, 9.17) is 9.47 Å². The van der Waals surface area contributed by atoms with Crippen LogP contribution in [0.15, 0.2) is 48.5 Å². The first-order valence-electron chi connectivity index (χ1n) is 10.0. The molecule has 6 heteroatoms. The maximum absolute atomic E-state index is 12.6. The molecule has 1 saturated heterocycles. The van der Waals surface area contributed by atoms with Gasteiger partial charge in [-0.2, -0.15) is 0 Å². The number of hydrogen-bond donors (Lipinski definition) is 0. The Morgan fingerprint density at radius 1 is 0.862 bits per heavy atom. The van der Waals surface area contributed by atoms with Gasteiger partial charge in [-0.1, -0.05) is 25.5 Å². The van der Waals surface area contributed by atoms with Gasteiger partial charge in [0.05, 0.1) is 7.11 Å². The number of methoxy groups -OCH3 is 1. The molecule has 2 aromatic carbocycles. The fraction of sp³-hybridized carbons (Fsp3) is 0.391. The van der Waals surface area contributed by atoms with Crippen LogP contribution in [-0.2, 0) is 11.2 Å². The van der Waals surface area contributed by atoms with Crippen LogP contribution < -0.4 is 9.47 Å². The summed E-state index contributed by atoms with van der Waals surface area (Å²) in [6, 6.07) is 15.0. The third-order valence-corrected chi connectivity index (χ3v) is 5.08. The van der Waals surface area contributed by atoms with Crippen LogP contribution in [0.2, 0.25) is 0 Å². The molecule has 0 atom stereocenters. The molecule has 1 heterocycles. The van der Waals surface area contributed by atoms with Gasteiger partial charge in [-0.25, -0.2) is 0 Å². The van der Waals surface area contributed by atoms with Crippen LogP contribution in [-0.4, -0.2) is 61.5 Å². The van der Waals surface area contributed by atoms with Crippen molar-refractivity contribution in [2.24, 2.45) is 0 Å². The second kappa shape index (κ2) is 9.96. The van der Waals surface area contributed by atoms with Crippen LogP contribution in [0.4, 0.5) is 0 Å². The average molecular weight is 396 g/mol. The molecule has 0 unspecified atom stereocenters. The molecule has 0 bridgehead atoms. The SMILES string of the molecule is CCCc1ccc(OCC(=O)N2CCN(C(=O)c3ccc(OC)cc3)CC2)cc1. The predicted octanol–water partition coefficient (Wildman–Crippen LogP) is 3.01. The molecule has 0 aromatic heterocycles. The fourth-order valence-electron chi connectivity index (χ4n) is 3.35. The lowest BCUT2D eigenvalue weighted by Crippen LogP contribution is -2.51. The van der Waals surface area contributed by atoms with Crippen molar-refractivity contribution in [1.82, 2.24) is 9.80 Å². The number of carbonyl (C=O) groups excluding carboxylic acids is 2. The highest BCUT2D eigenvalue weighted by Crippen LogP contribution is 2.16. The molecule has 2 aromatic rings. The Hall–Kier alpha value is -3.02. The molecule has 1 fully saturated rings. The van der Waals surface area contributed by atoms with Crippen molar-refractivity contribution in [3.63, 3.8) is 0 Å². The molecule has 0 saturated carbocycles. The molecule has 0 N–H and O–H groups in total. The van der Waals surface area contributed by atoms with E-state index < -0.39 is 0 Å². The van der Waals surface area contributed by atoms with Crippen LogP contribution >= 0.6 is 0 Å². The van der Waals surface area contributed by atoms with Gasteiger partial charge < -0.3 is 19.3 Å². The van der Waals surface area contributed by atoms with Gasteiger partial charge >= 0.3 is 0 Å². The van der Waals surface area contributed by atoms with Gasteiger partial charge in [0.2, 0.25) is 0 Å². The molecule has 0 spiro atoms. The summed E-state index contributed by atoms with van der Waals surface area (Å²) < 4.78 is 10.8. The maximum Gasteiger partial charge on any atom is 0.260 e. The van der Waals surface area contributed by atoms with Crippen molar-refractivity contribution >= 4 is 11.8 Å². The molecule has 3 rings (SSSR count). The Bertz CT molecular complexity index is 810. The standard InChI is InChI=1S/C23H28N2O4/c1-3-4-18-5-9-21(10-6-18)29-17-22(26)24-13-15-25(16-14-24)23(27)19-7-11-20(28-2)12-8-19/h5-12H,3-4,13-17H2,1-2H3. The molecule has 6 nitrogen and oxygen atoms in total. The summed E-state index contributed by atoms with van der Waals surface area (Å²) in [5.74, 6) is 1.34. The van der Waals surface area contributed by atoms with E-state index in [0.29, 0.717) is 37.5 Å². The topological polar surface area (TPSA) is 59.1 Å². The van der Waals surface area contributed by atoms with E-state index in [1.165, 1.54) is 5.56 Å². The number of benzene rings is 2. The molecular weight excluding hydrogens is 368 g/mol. The highest BCUT2D eigenvalue weighted by atomic mass is 16.5. The van der Waals surface area contributed by atoms with Gasteiger partial charge in [-0.15, -0.1) is 0 Å². The highest BCUT2D eigenvalue weighted by molar-refractivity contribution is 5.94. The summed E-state index contributed by atoms with van der Waals surface area (Å²) in [6.45, 7) is 4.22. The van der Waals surface area contributed by atoms with Gasteiger partial charge in [-0.05, 0) is 48.4 Å². The Morgan fingerprint density at radius 2 is 1.45 bits per heavy atom. The van der Waals surface area contributed by atoms with E-state index in [9.17, 15) is 9.59 Å². The van der Waals surface area contributed by atoms with Gasteiger partial charge in [-0.3, -0.25) is 9.59 Å². The molecule has 1 aliphatic heterocycles. The van der Waals surface area contributed by atoms with E-state index in [2.05, 4.69) is 6.92 Å². The van der Waals surface area contributed by atoms with Gasteiger partial charge in [0.25, 0.3) is 11.8 Å². The lowest BCUT2D eigenvalue weighted by atomic mass is 10.1. The first-order valence-corrected chi connectivity index (χ1v) is 10.0.